The molecule has 6 nitrogen and oxygen atoms in total. The molecule has 1 atom stereocenters. The van der Waals surface area contributed by atoms with E-state index in [2.05, 4.69) is 10.6 Å². The normalized spacial score (nSPS) is 13.0. The Morgan fingerprint density at radius 3 is 2.50 bits per heavy atom. The molecule has 0 rings (SSSR count). The lowest BCUT2D eigenvalue weighted by molar-refractivity contribution is -0.138. The number of carbonyl (C=O) groups is 1. The van der Waals surface area contributed by atoms with Crippen molar-refractivity contribution in [1.29, 1.82) is 5.41 Å². The Bertz CT molecular complexity index is 248. The average Bonchev–Trinajstić information content (AvgIpc) is 2.08. The average molecular weight is 230 g/mol. The summed E-state index contributed by atoms with van der Waals surface area (Å²) in [5.41, 5.74) is 5.19. The maximum absolute atomic E-state index is 10.4. The Kier molecular flexibility index (Phi) is 5.81. The predicted octanol–water partition coefficient (Wildman–Crippen LogP) is 0.0910. The van der Waals surface area contributed by atoms with Crippen molar-refractivity contribution in [1.82, 2.24) is 10.6 Å². The van der Waals surface area contributed by atoms with E-state index in [0.717, 1.165) is 0 Å². The molecule has 0 bridgehead atoms. The highest BCUT2D eigenvalue weighted by atomic mass is 16.4. The van der Waals surface area contributed by atoms with Crippen LogP contribution in [0.2, 0.25) is 0 Å². The van der Waals surface area contributed by atoms with Gasteiger partial charge in [-0.3, -0.25) is 10.2 Å². The monoisotopic (exact) mass is 230 g/mol. The van der Waals surface area contributed by atoms with Gasteiger partial charge < -0.3 is 21.5 Å². The number of guanidine groups is 1. The van der Waals surface area contributed by atoms with Crippen LogP contribution >= 0.6 is 0 Å². The fourth-order valence-corrected chi connectivity index (χ4v) is 1.08. The molecule has 0 unspecified atom stereocenters. The third-order valence-electron chi connectivity index (χ3n) is 1.81. The van der Waals surface area contributed by atoms with Crippen LogP contribution in [0.4, 0.5) is 0 Å². The van der Waals surface area contributed by atoms with Crippen molar-refractivity contribution in [3.8, 4) is 0 Å². The zero-order valence-electron chi connectivity index (χ0n) is 10.1. The van der Waals surface area contributed by atoms with Crippen LogP contribution in [0.1, 0.15) is 33.6 Å². The van der Waals surface area contributed by atoms with Crippen LogP contribution in [0, 0.1) is 5.41 Å². The first-order chi connectivity index (χ1) is 7.22. The fraction of sp³-hybridized carbons (Fsp3) is 0.800. The maximum atomic E-state index is 10.4. The smallest absolute Gasteiger partial charge is 0.320 e. The van der Waals surface area contributed by atoms with Crippen molar-refractivity contribution in [2.75, 3.05) is 6.54 Å². The number of carboxylic acid groups (broad SMARTS) is 1. The molecule has 0 aromatic heterocycles. The first kappa shape index (κ1) is 14.7. The molecule has 0 amide bonds. The molecule has 0 aliphatic heterocycles. The van der Waals surface area contributed by atoms with E-state index in [4.69, 9.17) is 16.2 Å². The van der Waals surface area contributed by atoms with Crippen LogP contribution < -0.4 is 16.4 Å². The second-order valence-electron chi connectivity index (χ2n) is 4.76. The number of nitrogens with one attached hydrogen (secondary N) is 3. The van der Waals surface area contributed by atoms with Crippen molar-refractivity contribution in [3.63, 3.8) is 0 Å². The summed E-state index contributed by atoms with van der Waals surface area (Å²) in [6.07, 6.45) is 1.03. The highest BCUT2D eigenvalue weighted by molar-refractivity contribution is 5.77. The molecule has 0 saturated heterocycles. The molecule has 16 heavy (non-hydrogen) atoms. The molecule has 0 saturated carbocycles. The van der Waals surface area contributed by atoms with Gasteiger partial charge in [-0.1, -0.05) is 0 Å². The van der Waals surface area contributed by atoms with Crippen LogP contribution in [0.25, 0.3) is 0 Å². The Morgan fingerprint density at radius 1 is 1.50 bits per heavy atom. The van der Waals surface area contributed by atoms with E-state index in [0.29, 0.717) is 19.4 Å². The highest BCUT2D eigenvalue weighted by Crippen LogP contribution is 1.97. The fourth-order valence-electron chi connectivity index (χ4n) is 1.08. The Labute approximate surface area is 96.1 Å². The number of hydrogen-bond acceptors (Lipinski definition) is 3. The predicted molar refractivity (Wildman–Crippen MR) is 63.5 cm³/mol. The van der Waals surface area contributed by atoms with Gasteiger partial charge in [-0.2, -0.15) is 0 Å². The summed E-state index contributed by atoms with van der Waals surface area (Å²) in [5, 5.41) is 21.9. The Balaban J connectivity index is 3.60. The quantitative estimate of drug-likeness (QED) is 0.261. The molecule has 0 aromatic carbocycles. The topological polar surface area (TPSA) is 111 Å². The zero-order valence-corrected chi connectivity index (χ0v) is 10.1. The molecule has 0 radical (unpaired) electrons. The first-order valence-corrected chi connectivity index (χ1v) is 5.31. The summed E-state index contributed by atoms with van der Waals surface area (Å²) >= 11 is 0. The van der Waals surface area contributed by atoms with E-state index in [9.17, 15) is 4.79 Å². The van der Waals surface area contributed by atoms with Crippen LogP contribution in [0.15, 0.2) is 0 Å². The summed E-state index contributed by atoms with van der Waals surface area (Å²) in [6, 6.07) is -0.813. The van der Waals surface area contributed by atoms with E-state index in [-0.39, 0.29) is 11.5 Å². The number of carboxylic acids is 1. The van der Waals surface area contributed by atoms with E-state index in [1.807, 2.05) is 20.8 Å². The molecule has 0 heterocycles. The lowest BCUT2D eigenvalue weighted by Crippen LogP contribution is -2.47. The molecule has 0 aromatic rings. The van der Waals surface area contributed by atoms with Gasteiger partial charge in [0.05, 0.1) is 0 Å². The lowest BCUT2D eigenvalue weighted by Gasteiger charge is -2.22. The van der Waals surface area contributed by atoms with Gasteiger partial charge in [0.1, 0.15) is 6.04 Å². The van der Waals surface area contributed by atoms with E-state index < -0.39 is 12.0 Å². The molecular formula is C10H22N4O2. The summed E-state index contributed by atoms with van der Waals surface area (Å²) in [6.45, 7) is 6.43. The number of nitrogens with two attached hydrogens (primary N) is 1. The van der Waals surface area contributed by atoms with Crippen molar-refractivity contribution < 1.29 is 9.90 Å². The minimum absolute atomic E-state index is 0.151. The molecule has 0 spiro atoms. The lowest BCUT2D eigenvalue weighted by atomic mass is 10.1. The Hall–Kier alpha value is -1.30. The highest BCUT2D eigenvalue weighted by Gasteiger charge is 2.12. The standard InChI is InChI=1S/C10H22N4O2/c1-10(2,3)14-9(12)13-6-4-5-7(11)8(15)16/h7H,4-6,11H2,1-3H3,(H,15,16)(H3,12,13,14)/t7-/m0/s1. The van der Waals surface area contributed by atoms with Crippen LogP contribution in [0.5, 0.6) is 0 Å². The van der Waals surface area contributed by atoms with Gasteiger partial charge in [0.2, 0.25) is 0 Å². The van der Waals surface area contributed by atoms with Gasteiger partial charge >= 0.3 is 5.97 Å². The number of hydrogen-bond donors (Lipinski definition) is 5. The molecule has 94 valence electrons. The van der Waals surface area contributed by atoms with Crippen molar-refractivity contribution in [2.24, 2.45) is 5.73 Å². The van der Waals surface area contributed by atoms with Gasteiger partial charge in [0, 0.05) is 12.1 Å². The second kappa shape index (κ2) is 6.32. The van der Waals surface area contributed by atoms with Crippen LogP contribution in [0.3, 0.4) is 0 Å². The summed E-state index contributed by atoms with van der Waals surface area (Å²) in [7, 11) is 0. The Morgan fingerprint density at radius 2 is 2.06 bits per heavy atom. The van der Waals surface area contributed by atoms with Gasteiger partial charge in [-0.15, -0.1) is 0 Å². The van der Waals surface area contributed by atoms with Crippen molar-refractivity contribution >= 4 is 11.9 Å². The molecule has 0 fully saturated rings. The minimum atomic E-state index is -0.983. The second-order valence-corrected chi connectivity index (χ2v) is 4.76. The molecule has 0 aliphatic carbocycles. The van der Waals surface area contributed by atoms with Gasteiger partial charge in [0.15, 0.2) is 5.96 Å². The summed E-state index contributed by atoms with van der Waals surface area (Å²) in [4.78, 5) is 10.4. The van der Waals surface area contributed by atoms with Crippen molar-refractivity contribution in [2.45, 2.75) is 45.2 Å². The molecular weight excluding hydrogens is 208 g/mol. The number of aliphatic carboxylic acids is 1. The largest absolute Gasteiger partial charge is 0.480 e. The first-order valence-electron chi connectivity index (χ1n) is 5.31. The molecule has 6 heteroatoms. The third kappa shape index (κ3) is 8.05. The van der Waals surface area contributed by atoms with Crippen LogP contribution in [-0.2, 0) is 4.79 Å². The molecule has 0 aliphatic rings. The third-order valence-corrected chi connectivity index (χ3v) is 1.81. The van der Waals surface area contributed by atoms with Gasteiger partial charge in [-0.05, 0) is 33.6 Å². The van der Waals surface area contributed by atoms with Crippen molar-refractivity contribution in [3.05, 3.63) is 0 Å². The maximum Gasteiger partial charge on any atom is 0.320 e. The minimum Gasteiger partial charge on any atom is -0.480 e. The zero-order chi connectivity index (χ0) is 12.8. The van der Waals surface area contributed by atoms with E-state index >= 15 is 0 Å². The van der Waals surface area contributed by atoms with E-state index in [1.54, 1.807) is 0 Å². The van der Waals surface area contributed by atoms with Crippen LogP contribution in [-0.4, -0.2) is 35.2 Å². The summed E-state index contributed by atoms with van der Waals surface area (Å²) < 4.78 is 0. The van der Waals surface area contributed by atoms with Gasteiger partial charge in [-0.25, -0.2) is 0 Å². The van der Waals surface area contributed by atoms with Gasteiger partial charge in [0.25, 0.3) is 0 Å². The molecule has 6 N–H and O–H groups in total. The summed E-state index contributed by atoms with van der Waals surface area (Å²) in [5.74, 6) is -0.737. The number of rotatable bonds is 5. The van der Waals surface area contributed by atoms with E-state index in [1.165, 1.54) is 0 Å². The SMILES string of the molecule is CC(C)(C)NC(=N)NCCC[C@H](N)C(=O)O.